The third kappa shape index (κ3) is 5.05. The van der Waals surface area contributed by atoms with Crippen LogP contribution in [0.4, 0.5) is 17.1 Å². The lowest BCUT2D eigenvalue weighted by Crippen LogP contribution is -2.14. The number of hydrogen-bond donors (Lipinski definition) is 0. The number of anilines is 3. The molecular formula is C52H34N2O. The molecule has 0 bridgehead atoms. The number of furan rings is 1. The van der Waals surface area contributed by atoms with Crippen molar-refractivity contribution in [3.05, 3.63) is 206 Å². The molecule has 2 aromatic heterocycles. The van der Waals surface area contributed by atoms with Gasteiger partial charge in [-0.25, -0.2) is 0 Å². The van der Waals surface area contributed by atoms with Crippen molar-refractivity contribution in [1.29, 1.82) is 0 Å². The van der Waals surface area contributed by atoms with Crippen LogP contribution in [0.3, 0.4) is 0 Å². The molecule has 0 amide bonds. The Hall–Kier alpha value is -7.36. The molecule has 0 radical (unpaired) electrons. The van der Waals surface area contributed by atoms with Crippen molar-refractivity contribution in [1.82, 2.24) is 4.57 Å². The molecule has 0 saturated carbocycles. The minimum Gasteiger partial charge on any atom is -0.456 e. The molecule has 0 N–H and O–H groups in total. The summed E-state index contributed by atoms with van der Waals surface area (Å²) < 4.78 is 8.82. The highest BCUT2D eigenvalue weighted by molar-refractivity contribution is 6.10. The Labute approximate surface area is 318 Å². The van der Waals surface area contributed by atoms with Gasteiger partial charge in [-0.2, -0.15) is 0 Å². The predicted octanol–water partition coefficient (Wildman–Crippen LogP) is 14.6. The summed E-state index contributed by atoms with van der Waals surface area (Å²) in [5.41, 5.74) is 13.0. The second-order valence-electron chi connectivity index (χ2n) is 14.1. The largest absolute Gasteiger partial charge is 0.456 e. The van der Waals surface area contributed by atoms with Crippen LogP contribution < -0.4 is 4.90 Å². The predicted molar refractivity (Wildman–Crippen MR) is 231 cm³/mol. The van der Waals surface area contributed by atoms with E-state index in [4.69, 9.17) is 4.42 Å². The molecule has 3 heteroatoms. The van der Waals surface area contributed by atoms with Crippen LogP contribution in [0.1, 0.15) is 0 Å². The fourth-order valence-corrected chi connectivity index (χ4v) is 8.51. The van der Waals surface area contributed by atoms with E-state index in [9.17, 15) is 0 Å². The summed E-state index contributed by atoms with van der Waals surface area (Å²) >= 11 is 0. The molecular weight excluding hydrogens is 669 g/mol. The van der Waals surface area contributed by atoms with Crippen LogP contribution in [0, 0.1) is 0 Å². The average molecular weight is 703 g/mol. The minimum atomic E-state index is 0.880. The van der Waals surface area contributed by atoms with Gasteiger partial charge in [0.2, 0.25) is 0 Å². The summed E-state index contributed by atoms with van der Waals surface area (Å²) in [6, 6.07) is 74.0. The number of para-hydroxylation sites is 6. The number of hydrogen-bond acceptors (Lipinski definition) is 2. The van der Waals surface area contributed by atoms with Crippen LogP contribution >= 0.6 is 0 Å². The summed E-state index contributed by atoms with van der Waals surface area (Å²) in [5.74, 6) is 0. The number of nitrogens with zero attached hydrogens (tertiary/aromatic N) is 2. The number of fused-ring (bicyclic) bond motifs is 7. The van der Waals surface area contributed by atoms with Gasteiger partial charge in [-0.05, 0) is 88.1 Å². The second-order valence-corrected chi connectivity index (χ2v) is 14.1. The van der Waals surface area contributed by atoms with Gasteiger partial charge in [0.05, 0.1) is 28.1 Å². The van der Waals surface area contributed by atoms with E-state index >= 15 is 0 Å². The minimum absolute atomic E-state index is 0.880. The van der Waals surface area contributed by atoms with Crippen LogP contribution in [0.15, 0.2) is 211 Å². The lowest BCUT2D eigenvalue weighted by molar-refractivity contribution is 0.669. The van der Waals surface area contributed by atoms with Gasteiger partial charge in [0.25, 0.3) is 0 Å². The second kappa shape index (κ2) is 12.6. The van der Waals surface area contributed by atoms with E-state index in [-0.39, 0.29) is 0 Å². The van der Waals surface area contributed by atoms with Gasteiger partial charge >= 0.3 is 0 Å². The maximum atomic E-state index is 6.40. The van der Waals surface area contributed by atoms with Gasteiger partial charge in [-0.3, -0.25) is 0 Å². The van der Waals surface area contributed by atoms with Crippen molar-refractivity contribution in [2.45, 2.75) is 0 Å². The zero-order valence-electron chi connectivity index (χ0n) is 29.9. The Kier molecular flexibility index (Phi) is 7.17. The van der Waals surface area contributed by atoms with E-state index in [1.165, 1.54) is 43.7 Å². The Bertz CT molecular complexity index is 3160. The van der Waals surface area contributed by atoms with E-state index in [2.05, 4.69) is 204 Å². The van der Waals surface area contributed by atoms with Gasteiger partial charge < -0.3 is 13.9 Å². The van der Waals surface area contributed by atoms with Gasteiger partial charge in [-0.15, -0.1) is 0 Å². The van der Waals surface area contributed by atoms with Crippen LogP contribution in [0.25, 0.3) is 82.5 Å². The van der Waals surface area contributed by atoms with E-state index < -0.39 is 0 Å². The average Bonchev–Trinajstić information content (AvgIpc) is 3.80. The molecule has 0 aliphatic carbocycles. The Morgan fingerprint density at radius 3 is 1.73 bits per heavy atom. The first-order valence-corrected chi connectivity index (χ1v) is 18.8. The summed E-state index contributed by atoms with van der Waals surface area (Å²) in [7, 11) is 0. The molecule has 0 unspecified atom stereocenters. The summed E-state index contributed by atoms with van der Waals surface area (Å²) in [6.07, 6.45) is 0. The summed E-state index contributed by atoms with van der Waals surface area (Å²) in [6.45, 7) is 0. The Morgan fingerprint density at radius 2 is 0.927 bits per heavy atom. The van der Waals surface area contributed by atoms with Crippen molar-refractivity contribution in [2.75, 3.05) is 4.90 Å². The van der Waals surface area contributed by atoms with Crippen molar-refractivity contribution >= 4 is 71.6 Å². The molecule has 11 rings (SSSR count). The highest BCUT2D eigenvalue weighted by Crippen LogP contribution is 2.46. The zero-order valence-corrected chi connectivity index (χ0v) is 29.9. The number of aromatic nitrogens is 1. The van der Waals surface area contributed by atoms with Gasteiger partial charge in [-0.1, -0.05) is 146 Å². The highest BCUT2D eigenvalue weighted by Gasteiger charge is 2.23. The summed E-state index contributed by atoms with van der Waals surface area (Å²) in [5, 5.41) is 7.20. The van der Waals surface area contributed by atoms with Crippen molar-refractivity contribution in [3.63, 3.8) is 0 Å². The van der Waals surface area contributed by atoms with Gasteiger partial charge in [0.15, 0.2) is 0 Å². The molecule has 0 spiro atoms. The first kappa shape index (κ1) is 31.2. The van der Waals surface area contributed by atoms with Gasteiger partial charge in [0, 0.05) is 32.8 Å². The maximum absolute atomic E-state index is 6.40. The monoisotopic (exact) mass is 702 g/mol. The third-order valence-electron chi connectivity index (χ3n) is 11.0. The van der Waals surface area contributed by atoms with Crippen LogP contribution in [-0.4, -0.2) is 4.57 Å². The normalized spacial score (nSPS) is 11.6. The fourth-order valence-electron chi connectivity index (χ4n) is 8.51. The van der Waals surface area contributed by atoms with E-state index in [0.717, 1.165) is 55.8 Å². The van der Waals surface area contributed by atoms with E-state index in [1.807, 2.05) is 12.1 Å². The lowest BCUT2D eigenvalue weighted by Gasteiger charge is -2.30. The lowest BCUT2D eigenvalue weighted by atomic mass is 9.97. The highest BCUT2D eigenvalue weighted by atomic mass is 16.3. The van der Waals surface area contributed by atoms with Crippen LogP contribution in [0.5, 0.6) is 0 Å². The fraction of sp³-hybridized carbons (Fsp3) is 0. The smallest absolute Gasteiger partial charge is 0.136 e. The molecule has 0 aliphatic rings. The van der Waals surface area contributed by atoms with Crippen LogP contribution in [0.2, 0.25) is 0 Å². The molecule has 55 heavy (non-hydrogen) atoms. The third-order valence-corrected chi connectivity index (χ3v) is 11.0. The first-order chi connectivity index (χ1) is 27.3. The molecule has 11 aromatic rings. The topological polar surface area (TPSA) is 21.3 Å². The Balaban J connectivity index is 1.15. The van der Waals surface area contributed by atoms with E-state index in [0.29, 0.717) is 0 Å². The number of rotatable bonds is 6. The molecule has 0 saturated heterocycles. The van der Waals surface area contributed by atoms with E-state index in [1.54, 1.807) is 0 Å². The summed E-state index contributed by atoms with van der Waals surface area (Å²) in [4.78, 5) is 2.42. The number of benzene rings is 9. The quantitative estimate of drug-likeness (QED) is 0.172. The molecule has 3 nitrogen and oxygen atoms in total. The van der Waals surface area contributed by atoms with Gasteiger partial charge in [0.1, 0.15) is 11.2 Å². The molecule has 0 atom stereocenters. The van der Waals surface area contributed by atoms with Crippen molar-refractivity contribution < 1.29 is 4.42 Å². The first-order valence-electron chi connectivity index (χ1n) is 18.8. The SMILES string of the molecule is c1ccc(N(c2ccc(-c3cccc4ccccc34)cc2)c2ccccc2-n2c3ccccc3c3ccccc32)c(-c2ccc3c(c2)oc2ccccc23)c1. The van der Waals surface area contributed by atoms with Crippen molar-refractivity contribution in [2.24, 2.45) is 0 Å². The van der Waals surface area contributed by atoms with Crippen molar-refractivity contribution in [3.8, 4) is 27.9 Å². The standard InChI is InChI=1S/C52H34N2O/c1-2-16-39-35(14-1)15-13-21-40(39)36-28-31-38(32-29-36)53(46-22-7-3-17-41(46)37-30-33-45-44-20-6-12-27-51(44)55-52(45)34-37)49-25-10-11-26-50(49)54-47-23-8-4-18-42(47)43-19-5-9-24-48(43)54/h1-34H. The molecule has 0 fully saturated rings. The molecule has 0 aliphatic heterocycles. The molecule has 9 aromatic carbocycles. The maximum Gasteiger partial charge on any atom is 0.136 e. The Morgan fingerprint density at radius 1 is 0.364 bits per heavy atom. The molecule has 2 heterocycles. The van der Waals surface area contributed by atoms with Crippen LogP contribution in [-0.2, 0) is 0 Å². The zero-order chi connectivity index (χ0) is 36.3. The molecule has 258 valence electrons.